The van der Waals surface area contributed by atoms with E-state index in [4.69, 9.17) is 4.42 Å². The first kappa shape index (κ1) is 19.7. The normalized spacial score (nSPS) is 18.1. The summed E-state index contributed by atoms with van der Waals surface area (Å²) >= 11 is 1.17. The van der Waals surface area contributed by atoms with Gasteiger partial charge in [0, 0.05) is 20.1 Å². The van der Waals surface area contributed by atoms with Gasteiger partial charge in [0.25, 0.3) is 15.9 Å². The summed E-state index contributed by atoms with van der Waals surface area (Å²) in [5.74, 6) is -0.589. The topological polar surface area (TPSA) is 123 Å². The molecule has 1 N–H and O–H groups in total. The van der Waals surface area contributed by atoms with Crippen LogP contribution in [0.3, 0.4) is 0 Å². The van der Waals surface area contributed by atoms with Crippen LogP contribution in [0.2, 0.25) is 0 Å². The molecule has 0 aromatic carbocycles. The van der Waals surface area contributed by atoms with E-state index >= 15 is 0 Å². The van der Waals surface area contributed by atoms with Gasteiger partial charge in [0.1, 0.15) is 9.90 Å². The summed E-state index contributed by atoms with van der Waals surface area (Å²) in [6.45, 7) is 2.37. The van der Waals surface area contributed by atoms with Gasteiger partial charge in [-0.1, -0.05) is 11.2 Å². The zero-order valence-corrected chi connectivity index (χ0v) is 17.5. The number of aromatic nitrogens is 4. The SMILES string of the molecule is Cc1cc(-c2nnc(NC(=O)C3CCCN(S(=O)(=O)c4cccs4)C3)o2)n(C)n1. The van der Waals surface area contributed by atoms with Crippen LogP contribution in [-0.4, -0.2) is 51.7 Å². The summed E-state index contributed by atoms with van der Waals surface area (Å²) in [6, 6.07) is 5.04. The van der Waals surface area contributed by atoms with Crippen LogP contribution in [0.4, 0.5) is 6.01 Å². The predicted octanol–water partition coefficient (Wildman–Crippen LogP) is 1.88. The van der Waals surface area contributed by atoms with Gasteiger partial charge in [-0.25, -0.2) is 8.42 Å². The van der Waals surface area contributed by atoms with Crippen molar-refractivity contribution in [2.24, 2.45) is 13.0 Å². The van der Waals surface area contributed by atoms with Gasteiger partial charge in [-0.2, -0.15) is 9.40 Å². The molecule has 3 aromatic heterocycles. The van der Waals surface area contributed by atoms with E-state index in [0.29, 0.717) is 25.1 Å². The highest BCUT2D eigenvalue weighted by Crippen LogP contribution is 2.27. The fourth-order valence-electron chi connectivity index (χ4n) is 3.31. The van der Waals surface area contributed by atoms with Crippen molar-refractivity contribution in [1.82, 2.24) is 24.3 Å². The zero-order valence-electron chi connectivity index (χ0n) is 15.9. The summed E-state index contributed by atoms with van der Waals surface area (Å²) < 4.78 is 34.2. The van der Waals surface area contributed by atoms with Crippen LogP contribution in [0.25, 0.3) is 11.6 Å². The Kier molecular flexibility index (Phi) is 5.23. The third-order valence-corrected chi connectivity index (χ3v) is 7.96. The lowest BCUT2D eigenvalue weighted by Crippen LogP contribution is -2.43. The number of rotatable bonds is 5. The highest BCUT2D eigenvalue weighted by Gasteiger charge is 2.34. The van der Waals surface area contributed by atoms with Crippen LogP contribution in [0, 0.1) is 12.8 Å². The molecular formula is C17H20N6O4S2. The van der Waals surface area contributed by atoms with E-state index in [-0.39, 0.29) is 28.6 Å². The van der Waals surface area contributed by atoms with Gasteiger partial charge in [0.2, 0.25) is 5.91 Å². The lowest BCUT2D eigenvalue weighted by atomic mass is 9.99. The molecule has 0 aliphatic carbocycles. The summed E-state index contributed by atoms with van der Waals surface area (Å²) in [5.41, 5.74) is 1.45. The number of nitrogens with one attached hydrogen (secondary N) is 1. The van der Waals surface area contributed by atoms with Gasteiger partial charge in [0.05, 0.1) is 11.6 Å². The number of carbonyl (C=O) groups excluding carboxylic acids is 1. The maximum absolute atomic E-state index is 12.7. The van der Waals surface area contributed by atoms with Gasteiger partial charge >= 0.3 is 6.01 Å². The van der Waals surface area contributed by atoms with E-state index in [9.17, 15) is 13.2 Å². The highest BCUT2D eigenvalue weighted by atomic mass is 32.2. The van der Waals surface area contributed by atoms with Crippen molar-refractivity contribution >= 4 is 33.3 Å². The average molecular weight is 437 g/mol. The predicted molar refractivity (Wildman–Crippen MR) is 106 cm³/mol. The molecule has 4 rings (SSSR count). The Balaban J connectivity index is 1.44. The quantitative estimate of drug-likeness (QED) is 0.648. The van der Waals surface area contributed by atoms with Crippen LogP contribution in [-0.2, 0) is 21.9 Å². The minimum absolute atomic E-state index is 0.0258. The molecule has 3 aromatic rings. The van der Waals surface area contributed by atoms with E-state index < -0.39 is 15.9 Å². The number of hydrogen-bond donors (Lipinski definition) is 1. The van der Waals surface area contributed by atoms with Gasteiger partial charge in [-0.3, -0.25) is 14.8 Å². The molecule has 1 fully saturated rings. The number of anilines is 1. The monoisotopic (exact) mass is 436 g/mol. The van der Waals surface area contributed by atoms with E-state index in [2.05, 4.69) is 20.6 Å². The molecule has 1 unspecified atom stereocenters. The lowest BCUT2D eigenvalue weighted by molar-refractivity contribution is -0.121. The summed E-state index contributed by atoms with van der Waals surface area (Å²) in [7, 11) is -1.82. The third-order valence-electron chi connectivity index (χ3n) is 4.72. The minimum atomic E-state index is -3.58. The Bertz CT molecular complexity index is 1120. The smallest absolute Gasteiger partial charge is 0.322 e. The molecule has 1 aliphatic heterocycles. The molecule has 29 heavy (non-hydrogen) atoms. The number of piperidine rings is 1. The van der Waals surface area contributed by atoms with Crippen molar-refractivity contribution in [2.75, 3.05) is 18.4 Å². The molecule has 0 spiro atoms. The van der Waals surface area contributed by atoms with Crippen molar-refractivity contribution < 1.29 is 17.6 Å². The Hall–Kier alpha value is -2.57. The Morgan fingerprint density at radius 1 is 1.38 bits per heavy atom. The first-order valence-corrected chi connectivity index (χ1v) is 11.4. The maximum Gasteiger partial charge on any atom is 0.322 e. The third kappa shape index (κ3) is 3.95. The fraction of sp³-hybridized carbons (Fsp3) is 0.412. The Morgan fingerprint density at radius 3 is 2.90 bits per heavy atom. The maximum atomic E-state index is 12.7. The van der Waals surface area contributed by atoms with Crippen molar-refractivity contribution in [3.63, 3.8) is 0 Å². The van der Waals surface area contributed by atoms with Crippen LogP contribution >= 0.6 is 11.3 Å². The minimum Gasteiger partial charge on any atom is -0.401 e. The van der Waals surface area contributed by atoms with E-state index in [1.165, 1.54) is 15.6 Å². The number of hydrogen-bond acceptors (Lipinski definition) is 8. The summed E-state index contributed by atoms with van der Waals surface area (Å²) in [4.78, 5) is 12.7. The molecule has 4 heterocycles. The number of carbonyl (C=O) groups is 1. The molecule has 154 valence electrons. The first-order chi connectivity index (χ1) is 13.8. The van der Waals surface area contributed by atoms with Crippen molar-refractivity contribution in [3.05, 3.63) is 29.3 Å². The van der Waals surface area contributed by atoms with Gasteiger partial charge < -0.3 is 4.42 Å². The van der Waals surface area contributed by atoms with Crippen molar-refractivity contribution in [3.8, 4) is 11.6 Å². The molecule has 0 bridgehead atoms. The highest BCUT2D eigenvalue weighted by molar-refractivity contribution is 7.91. The van der Waals surface area contributed by atoms with Gasteiger partial charge in [-0.05, 0) is 37.3 Å². The largest absolute Gasteiger partial charge is 0.401 e. The van der Waals surface area contributed by atoms with Gasteiger partial charge in [-0.15, -0.1) is 16.4 Å². The molecule has 1 amide bonds. The van der Waals surface area contributed by atoms with Gasteiger partial charge in [0.15, 0.2) is 0 Å². The molecule has 1 saturated heterocycles. The van der Waals surface area contributed by atoms with Crippen LogP contribution in [0.1, 0.15) is 18.5 Å². The second-order valence-electron chi connectivity index (χ2n) is 6.83. The second kappa shape index (κ2) is 7.69. The number of amides is 1. The molecule has 1 atom stereocenters. The number of nitrogens with zero attached hydrogens (tertiary/aromatic N) is 5. The average Bonchev–Trinajstić information content (AvgIpc) is 3.43. The molecule has 12 heteroatoms. The fourth-order valence-corrected chi connectivity index (χ4v) is 5.98. The standard InChI is InChI=1S/C17H20N6O4S2/c1-11-9-13(22(2)21-11)16-19-20-17(27-16)18-15(24)12-5-3-7-23(10-12)29(25,26)14-6-4-8-28-14/h4,6,8-9,12H,3,5,7,10H2,1-2H3,(H,18,20,24). The Morgan fingerprint density at radius 2 is 2.21 bits per heavy atom. The summed E-state index contributed by atoms with van der Waals surface area (Å²) in [5, 5.41) is 16.4. The number of sulfonamides is 1. The lowest BCUT2D eigenvalue weighted by Gasteiger charge is -2.30. The number of aryl methyl sites for hydroxylation is 2. The molecular weight excluding hydrogens is 416 g/mol. The molecule has 10 nitrogen and oxygen atoms in total. The van der Waals surface area contributed by atoms with Crippen LogP contribution < -0.4 is 5.32 Å². The van der Waals surface area contributed by atoms with Crippen LogP contribution in [0.5, 0.6) is 0 Å². The first-order valence-electron chi connectivity index (χ1n) is 9.03. The van der Waals surface area contributed by atoms with E-state index in [1.54, 1.807) is 35.3 Å². The van der Waals surface area contributed by atoms with Crippen LogP contribution in [0.15, 0.2) is 32.2 Å². The second-order valence-corrected chi connectivity index (χ2v) is 9.94. The zero-order chi connectivity index (χ0) is 20.6. The molecule has 0 radical (unpaired) electrons. The van der Waals surface area contributed by atoms with Crippen molar-refractivity contribution in [1.29, 1.82) is 0 Å². The van der Waals surface area contributed by atoms with Crippen molar-refractivity contribution in [2.45, 2.75) is 24.0 Å². The number of thiophene rings is 1. The van der Waals surface area contributed by atoms with E-state index in [0.717, 1.165) is 5.69 Å². The Labute approximate surface area is 171 Å². The molecule has 0 saturated carbocycles. The summed E-state index contributed by atoms with van der Waals surface area (Å²) in [6.07, 6.45) is 1.19. The molecule has 1 aliphatic rings. The van der Waals surface area contributed by atoms with E-state index in [1.807, 2.05) is 6.92 Å².